The van der Waals surface area contributed by atoms with Crippen molar-refractivity contribution in [3.8, 4) is 0 Å². The number of hydrogen-bond donors (Lipinski definition) is 4. The summed E-state index contributed by atoms with van der Waals surface area (Å²) in [6, 6.07) is -0.400. The van der Waals surface area contributed by atoms with E-state index in [1.807, 2.05) is 4.90 Å². The van der Waals surface area contributed by atoms with Crippen molar-refractivity contribution >= 4 is 11.9 Å². The maximum Gasteiger partial charge on any atom is 0.323 e. The standard InChI is InChI=1S/C54H108N4O5/c1-5-9-13-17-21-25-29-33-38-48(59)44-57-47-51(41-36-32-28-24-20-16-12-8-4)63-53(62)52(57)42-37-43-56-54(55)58(45-49(60)39-34-30-26-22-18-14-10-6-2)46-50(61)40-35-31-27-23-19-15-11-7-3/h48-52,59-61H,5-47H2,1-4H3,(H2,55,56). The zero-order valence-corrected chi connectivity index (χ0v) is 42.4. The van der Waals surface area contributed by atoms with Crippen LogP contribution in [0, 0.1) is 0 Å². The van der Waals surface area contributed by atoms with Gasteiger partial charge in [-0.05, 0) is 44.9 Å². The second kappa shape index (κ2) is 43.2. The molecule has 1 saturated heterocycles. The van der Waals surface area contributed by atoms with E-state index in [-0.39, 0.29) is 12.1 Å². The molecule has 0 bridgehead atoms. The fourth-order valence-corrected chi connectivity index (χ4v) is 9.41. The topological polar surface area (TPSA) is 132 Å². The highest BCUT2D eigenvalue weighted by atomic mass is 16.5. The molecule has 1 fully saturated rings. The van der Waals surface area contributed by atoms with Gasteiger partial charge in [0.15, 0.2) is 5.96 Å². The number of rotatable bonds is 46. The van der Waals surface area contributed by atoms with Gasteiger partial charge in [-0.15, -0.1) is 0 Å². The first-order chi connectivity index (χ1) is 30.7. The van der Waals surface area contributed by atoms with Gasteiger partial charge in [0.25, 0.3) is 0 Å². The quantitative estimate of drug-likeness (QED) is 0.0206. The Kier molecular flexibility index (Phi) is 40.8. The van der Waals surface area contributed by atoms with Gasteiger partial charge in [0, 0.05) is 32.7 Å². The summed E-state index contributed by atoms with van der Waals surface area (Å²) in [5, 5.41) is 33.4. The van der Waals surface area contributed by atoms with E-state index in [4.69, 9.17) is 15.5 Å². The van der Waals surface area contributed by atoms with Crippen molar-refractivity contribution in [1.82, 2.24) is 9.80 Å². The van der Waals surface area contributed by atoms with Crippen LogP contribution in [0.3, 0.4) is 0 Å². The second-order valence-corrected chi connectivity index (χ2v) is 19.8. The number of cyclic esters (lactones) is 1. The zero-order chi connectivity index (χ0) is 46.0. The van der Waals surface area contributed by atoms with Crippen LogP contribution in [0.5, 0.6) is 0 Å². The summed E-state index contributed by atoms with van der Waals surface area (Å²) in [4.78, 5) is 22.5. The Hall–Kier alpha value is -1.42. The average molecular weight is 893 g/mol. The van der Waals surface area contributed by atoms with E-state index in [2.05, 4.69) is 32.6 Å². The molecule has 5 N–H and O–H groups in total. The highest BCUT2D eigenvalue weighted by molar-refractivity contribution is 5.78. The number of guanidine groups is 1. The monoisotopic (exact) mass is 893 g/mol. The number of nitrogens with zero attached hydrogens (tertiary/aromatic N) is 3. The van der Waals surface area contributed by atoms with Crippen LogP contribution < -0.4 is 5.73 Å². The van der Waals surface area contributed by atoms with Gasteiger partial charge < -0.3 is 30.7 Å². The maximum absolute atomic E-state index is 13.6. The number of hydrogen-bond acceptors (Lipinski definition) is 7. The average Bonchev–Trinajstić information content (AvgIpc) is 3.26. The molecule has 1 aliphatic rings. The van der Waals surface area contributed by atoms with Gasteiger partial charge in [-0.25, -0.2) is 0 Å². The van der Waals surface area contributed by atoms with Gasteiger partial charge in [-0.1, -0.05) is 227 Å². The molecule has 0 amide bonds. The molecule has 374 valence electrons. The van der Waals surface area contributed by atoms with Crippen LogP contribution in [-0.2, 0) is 9.53 Å². The number of ether oxygens (including phenoxy) is 1. The number of β-amino-alcohol motifs (C(OH)–C–C–N with tert-alkyl or cyclic N) is 1. The van der Waals surface area contributed by atoms with Crippen molar-refractivity contribution in [3.05, 3.63) is 0 Å². The smallest absolute Gasteiger partial charge is 0.323 e. The Morgan fingerprint density at radius 1 is 0.556 bits per heavy atom. The fourth-order valence-electron chi connectivity index (χ4n) is 9.41. The molecule has 1 heterocycles. The third-order valence-electron chi connectivity index (χ3n) is 13.5. The first-order valence-electron chi connectivity index (χ1n) is 27.8. The lowest BCUT2D eigenvalue weighted by Crippen LogP contribution is -2.54. The third-order valence-corrected chi connectivity index (χ3v) is 13.5. The number of carbonyl (C=O) groups is 1. The number of aliphatic imine (C=N–C) groups is 1. The fraction of sp³-hybridized carbons (Fsp3) is 0.963. The van der Waals surface area contributed by atoms with Crippen molar-refractivity contribution in [2.75, 3.05) is 32.7 Å². The lowest BCUT2D eigenvalue weighted by atomic mass is 10.0. The number of carbonyl (C=O) groups excluding carboxylic acids is 1. The van der Waals surface area contributed by atoms with Gasteiger partial charge in [0.05, 0.1) is 18.3 Å². The van der Waals surface area contributed by atoms with E-state index < -0.39 is 24.4 Å². The molecule has 9 heteroatoms. The molecule has 0 aliphatic carbocycles. The van der Waals surface area contributed by atoms with Gasteiger partial charge >= 0.3 is 5.97 Å². The predicted molar refractivity (Wildman–Crippen MR) is 269 cm³/mol. The summed E-state index contributed by atoms with van der Waals surface area (Å²) < 4.78 is 6.08. The molecule has 0 aromatic heterocycles. The van der Waals surface area contributed by atoms with E-state index >= 15 is 0 Å². The molecule has 0 saturated carbocycles. The van der Waals surface area contributed by atoms with Gasteiger partial charge in [0.1, 0.15) is 12.1 Å². The summed E-state index contributed by atoms with van der Waals surface area (Å²) in [6.45, 7) is 11.4. The summed E-state index contributed by atoms with van der Waals surface area (Å²) in [7, 11) is 0. The van der Waals surface area contributed by atoms with E-state index in [0.29, 0.717) is 51.5 Å². The first-order valence-corrected chi connectivity index (χ1v) is 27.8. The van der Waals surface area contributed by atoms with E-state index in [1.54, 1.807) is 0 Å². The summed E-state index contributed by atoms with van der Waals surface area (Å²) in [5.74, 6) is 0.186. The van der Waals surface area contributed by atoms with E-state index in [9.17, 15) is 20.1 Å². The molecule has 0 aromatic rings. The van der Waals surface area contributed by atoms with Crippen molar-refractivity contribution in [2.45, 2.75) is 302 Å². The Bertz CT molecular complexity index is 1000. The van der Waals surface area contributed by atoms with Crippen LogP contribution in [0.4, 0.5) is 0 Å². The Morgan fingerprint density at radius 3 is 1.33 bits per heavy atom. The number of esters is 1. The molecule has 0 radical (unpaired) electrons. The first kappa shape index (κ1) is 59.6. The number of aliphatic hydroxyl groups excluding tert-OH is 3. The van der Waals surface area contributed by atoms with Crippen LogP contribution in [0.25, 0.3) is 0 Å². The van der Waals surface area contributed by atoms with Gasteiger partial charge in [0.2, 0.25) is 0 Å². The van der Waals surface area contributed by atoms with Gasteiger partial charge in [-0.3, -0.25) is 14.7 Å². The maximum atomic E-state index is 13.6. The van der Waals surface area contributed by atoms with Gasteiger partial charge in [-0.2, -0.15) is 0 Å². The minimum Gasteiger partial charge on any atom is -0.460 e. The molecule has 5 unspecified atom stereocenters. The summed E-state index contributed by atoms with van der Waals surface area (Å²) in [6.07, 6.45) is 42.2. The summed E-state index contributed by atoms with van der Waals surface area (Å²) >= 11 is 0. The number of nitrogens with two attached hydrogens (primary N) is 1. The molecular weight excluding hydrogens is 785 g/mol. The van der Waals surface area contributed by atoms with Crippen molar-refractivity contribution < 1.29 is 24.9 Å². The van der Waals surface area contributed by atoms with Crippen LogP contribution in [0.2, 0.25) is 0 Å². The Morgan fingerprint density at radius 2 is 0.921 bits per heavy atom. The normalized spacial score (nSPS) is 17.6. The number of aliphatic hydroxyl groups is 3. The number of unbranched alkanes of at least 4 members (excludes halogenated alkanes) is 28. The highest BCUT2D eigenvalue weighted by Gasteiger charge is 2.36. The summed E-state index contributed by atoms with van der Waals surface area (Å²) in [5.41, 5.74) is 6.66. The molecule has 1 aliphatic heterocycles. The minimum atomic E-state index is -0.532. The van der Waals surface area contributed by atoms with E-state index in [1.165, 1.54) is 161 Å². The molecule has 9 nitrogen and oxygen atoms in total. The highest BCUT2D eigenvalue weighted by Crippen LogP contribution is 2.23. The van der Waals surface area contributed by atoms with E-state index in [0.717, 1.165) is 70.6 Å². The molecule has 1 rings (SSSR count). The molecule has 0 spiro atoms. The van der Waals surface area contributed by atoms with Crippen LogP contribution >= 0.6 is 0 Å². The van der Waals surface area contributed by atoms with Crippen molar-refractivity contribution in [2.24, 2.45) is 10.7 Å². The molecule has 63 heavy (non-hydrogen) atoms. The SMILES string of the molecule is CCCCCCCCCCC(O)CN(CC(O)CCCCCCCCCC)C(N)=NCCCC1C(=O)OC(CCCCCCCCCC)CN1CC(O)CCCCCCCCCC. The predicted octanol–water partition coefficient (Wildman–Crippen LogP) is 13.2. The third kappa shape index (κ3) is 34.5. The van der Waals surface area contributed by atoms with Crippen LogP contribution in [0.15, 0.2) is 4.99 Å². The lowest BCUT2D eigenvalue weighted by molar-refractivity contribution is -0.168. The minimum absolute atomic E-state index is 0.124. The number of morpholine rings is 1. The van der Waals surface area contributed by atoms with Crippen LogP contribution in [-0.4, -0.2) is 100 Å². The van der Waals surface area contributed by atoms with Crippen molar-refractivity contribution in [3.63, 3.8) is 0 Å². The Labute approximate surface area is 390 Å². The molecule has 5 atom stereocenters. The largest absolute Gasteiger partial charge is 0.460 e. The zero-order valence-electron chi connectivity index (χ0n) is 42.4. The second-order valence-electron chi connectivity index (χ2n) is 19.8. The molecule has 0 aromatic carbocycles. The van der Waals surface area contributed by atoms with Crippen LogP contribution in [0.1, 0.15) is 272 Å². The van der Waals surface area contributed by atoms with Crippen molar-refractivity contribution in [1.29, 1.82) is 0 Å². The lowest BCUT2D eigenvalue weighted by Gasteiger charge is -2.39. The Balaban J connectivity index is 2.83. The molecular formula is C54H108N4O5.